The van der Waals surface area contributed by atoms with Crippen LogP contribution in [0.25, 0.3) is 0 Å². The van der Waals surface area contributed by atoms with E-state index in [2.05, 4.69) is 34.7 Å². The minimum Gasteiger partial charge on any atom is -0.0813 e. The van der Waals surface area contributed by atoms with E-state index in [0.717, 1.165) is 29.6 Å². The monoisotopic (exact) mass is 448 g/mol. The summed E-state index contributed by atoms with van der Waals surface area (Å²) in [5.41, 5.74) is 5.76. The maximum atomic E-state index is 2.77. The van der Waals surface area contributed by atoms with Gasteiger partial charge in [0.05, 0.1) is 0 Å². The van der Waals surface area contributed by atoms with Gasteiger partial charge >= 0.3 is 0 Å². The standard InChI is InChI=1S/C24H33I/c25-22-11-9-18-13-17(6-7-20(18)15-22)19-10-12-24-21(14-19)8-5-16-3-1-2-4-23(16)24/h13,15,18-21,24H,1-12,14H2. The number of allylic oxidation sites excluding steroid dienone is 6. The molecule has 0 N–H and O–H groups in total. The zero-order valence-corrected chi connectivity index (χ0v) is 17.8. The first kappa shape index (κ1) is 17.1. The van der Waals surface area contributed by atoms with Crippen molar-refractivity contribution in [3.8, 4) is 0 Å². The molecule has 5 rings (SSSR count). The van der Waals surface area contributed by atoms with Crippen molar-refractivity contribution in [2.75, 3.05) is 0 Å². The lowest BCUT2D eigenvalue weighted by Gasteiger charge is -2.45. The summed E-state index contributed by atoms with van der Waals surface area (Å²) < 4.78 is 1.62. The van der Waals surface area contributed by atoms with Crippen molar-refractivity contribution in [2.24, 2.45) is 29.6 Å². The van der Waals surface area contributed by atoms with Gasteiger partial charge in [0.2, 0.25) is 0 Å². The second-order valence-electron chi connectivity index (χ2n) is 9.51. The Kier molecular flexibility index (Phi) is 4.90. The Bertz CT molecular complexity index is 622. The highest BCUT2D eigenvalue weighted by Gasteiger charge is 2.39. The van der Waals surface area contributed by atoms with Gasteiger partial charge in [-0.05, 0) is 139 Å². The number of fused-ring (bicyclic) bond motifs is 3. The van der Waals surface area contributed by atoms with Crippen molar-refractivity contribution >= 4 is 22.6 Å². The molecule has 0 amide bonds. The van der Waals surface area contributed by atoms with Crippen LogP contribution in [-0.2, 0) is 0 Å². The van der Waals surface area contributed by atoms with Gasteiger partial charge in [-0.1, -0.05) is 28.9 Å². The van der Waals surface area contributed by atoms with Crippen LogP contribution in [-0.4, -0.2) is 0 Å². The summed E-state index contributed by atoms with van der Waals surface area (Å²) >= 11 is 2.57. The SMILES string of the molecule is IC1=CC2CCC(C3CCC4C5=C(CCCC5)CCC4C3)=CC2CC1. The van der Waals surface area contributed by atoms with Crippen molar-refractivity contribution < 1.29 is 0 Å². The van der Waals surface area contributed by atoms with Crippen molar-refractivity contribution in [1.82, 2.24) is 0 Å². The molecule has 5 atom stereocenters. The number of halogens is 1. The normalized spacial score (nSPS) is 41.2. The van der Waals surface area contributed by atoms with E-state index in [1.807, 2.05) is 16.7 Å². The number of hydrogen-bond donors (Lipinski definition) is 0. The van der Waals surface area contributed by atoms with E-state index in [1.165, 1.54) is 83.5 Å². The fourth-order valence-corrected chi connectivity index (χ4v) is 7.73. The predicted molar refractivity (Wildman–Crippen MR) is 115 cm³/mol. The Morgan fingerprint density at radius 2 is 1.60 bits per heavy atom. The third-order valence-corrected chi connectivity index (χ3v) is 9.15. The van der Waals surface area contributed by atoms with Gasteiger partial charge in [-0.3, -0.25) is 0 Å². The molecule has 0 radical (unpaired) electrons. The Hall–Kier alpha value is -0.0500. The minimum absolute atomic E-state index is 0.866. The highest BCUT2D eigenvalue weighted by atomic mass is 127. The van der Waals surface area contributed by atoms with Gasteiger partial charge in [0.25, 0.3) is 0 Å². The molecular weight excluding hydrogens is 415 g/mol. The molecule has 0 nitrogen and oxygen atoms in total. The van der Waals surface area contributed by atoms with Gasteiger partial charge < -0.3 is 0 Å². The second-order valence-corrected chi connectivity index (χ2v) is 10.9. The molecule has 0 saturated heterocycles. The van der Waals surface area contributed by atoms with Crippen LogP contribution < -0.4 is 0 Å². The fourth-order valence-electron chi connectivity index (χ4n) is 6.96. The van der Waals surface area contributed by atoms with Crippen LogP contribution in [0.2, 0.25) is 0 Å². The summed E-state index contributed by atoms with van der Waals surface area (Å²) in [5.74, 6) is 4.71. The molecule has 0 bridgehead atoms. The van der Waals surface area contributed by atoms with Gasteiger partial charge in [-0.25, -0.2) is 0 Å². The van der Waals surface area contributed by atoms with E-state index in [4.69, 9.17) is 0 Å². The molecule has 0 spiro atoms. The lowest BCUT2D eigenvalue weighted by atomic mass is 9.61. The zero-order chi connectivity index (χ0) is 16.8. The summed E-state index contributed by atoms with van der Waals surface area (Å²) in [7, 11) is 0. The summed E-state index contributed by atoms with van der Waals surface area (Å²) in [4.78, 5) is 0. The topological polar surface area (TPSA) is 0 Å². The maximum Gasteiger partial charge on any atom is -0.0131 e. The lowest BCUT2D eigenvalue weighted by Crippen LogP contribution is -2.32. The van der Waals surface area contributed by atoms with Gasteiger partial charge in [-0.15, -0.1) is 0 Å². The lowest BCUT2D eigenvalue weighted by molar-refractivity contribution is 0.187. The quantitative estimate of drug-likeness (QED) is 0.284. The van der Waals surface area contributed by atoms with E-state index in [0.29, 0.717) is 0 Å². The first-order valence-electron chi connectivity index (χ1n) is 11.1. The molecule has 25 heavy (non-hydrogen) atoms. The molecule has 0 aliphatic heterocycles. The van der Waals surface area contributed by atoms with E-state index in [9.17, 15) is 0 Å². The molecule has 0 aromatic heterocycles. The summed E-state index contributed by atoms with van der Waals surface area (Å²) in [6, 6.07) is 0. The molecule has 1 saturated carbocycles. The molecule has 5 aliphatic carbocycles. The van der Waals surface area contributed by atoms with Crippen LogP contribution in [0.15, 0.2) is 32.5 Å². The molecule has 0 heterocycles. The summed E-state index contributed by atoms with van der Waals surface area (Å²) in [6.45, 7) is 0. The highest BCUT2D eigenvalue weighted by molar-refractivity contribution is 14.1. The van der Waals surface area contributed by atoms with Crippen LogP contribution in [0.3, 0.4) is 0 Å². The van der Waals surface area contributed by atoms with Crippen LogP contribution in [0.4, 0.5) is 0 Å². The largest absolute Gasteiger partial charge is 0.0813 e. The third-order valence-electron chi connectivity index (χ3n) is 8.26. The van der Waals surface area contributed by atoms with Gasteiger partial charge in [0.1, 0.15) is 0 Å². The average Bonchev–Trinajstić information content (AvgIpc) is 2.67. The van der Waals surface area contributed by atoms with Crippen LogP contribution in [0.1, 0.15) is 83.5 Å². The molecular formula is C24H33I. The Morgan fingerprint density at radius 3 is 2.56 bits per heavy atom. The molecule has 0 aromatic carbocycles. The Labute approximate surface area is 167 Å². The first-order valence-corrected chi connectivity index (χ1v) is 12.1. The number of hydrogen-bond acceptors (Lipinski definition) is 0. The molecule has 0 aromatic rings. The van der Waals surface area contributed by atoms with Crippen molar-refractivity contribution in [1.29, 1.82) is 0 Å². The fraction of sp³-hybridized carbons (Fsp3) is 0.750. The first-order chi connectivity index (χ1) is 12.3. The van der Waals surface area contributed by atoms with E-state index in [-0.39, 0.29) is 0 Å². The van der Waals surface area contributed by atoms with Gasteiger partial charge in [-0.2, -0.15) is 0 Å². The Morgan fingerprint density at radius 1 is 0.760 bits per heavy atom. The smallest absolute Gasteiger partial charge is 0.0131 e. The predicted octanol–water partition coefficient (Wildman–Crippen LogP) is 7.75. The minimum atomic E-state index is 0.866. The molecule has 1 heteroatoms. The summed E-state index contributed by atoms with van der Waals surface area (Å²) in [5, 5.41) is 0. The van der Waals surface area contributed by atoms with Crippen LogP contribution in [0.5, 0.6) is 0 Å². The third kappa shape index (κ3) is 3.32. The van der Waals surface area contributed by atoms with Crippen molar-refractivity contribution in [2.45, 2.75) is 83.5 Å². The van der Waals surface area contributed by atoms with Gasteiger partial charge in [0.15, 0.2) is 0 Å². The molecule has 5 unspecified atom stereocenters. The highest BCUT2D eigenvalue weighted by Crippen LogP contribution is 2.52. The van der Waals surface area contributed by atoms with Crippen LogP contribution in [0, 0.1) is 29.6 Å². The zero-order valence-electron chi connectivity index (χ0n) is 15.6. The second kappa shape index (κ2) is 7.17. The van der Waals surface area contributed by atoms with Crippen LogP contribution >= 0.6 is 22.6 Å². The summed E-state index contributed by atoms with van der Waals surface area (Å²) in [6.07, 6.45) is 24.3. The van der Waals surface area contributed by atoms with Gasteiger partial charge in [0, 0.05) is 0 Å². The van der Waals surface area contributed by atoms with Crippen molar-refractivity contribution in [3.05, 3.63) is 32.5 Å². The number of rotatable bonds is 1. The average molecular weight is 448 g/mol. The molecule has 136 valence electrons. The van der Waals surface area contributed by atoms with Crippen molar-refractivity contribution in [3.63, 3.8) is 0 Å². The maximum absolute atomic E-state index is 2.77. The Balaban J connectivity index is 1.30. The van der Waals surface area contributed by atoms with E-state index >= 15 is 0 Å². The van der Waals surface area contributed by atoms with E-state index in [1.54, 1.807) is 3.58 Å². The molecule has 5 aliphatic rings. The molecule has 1 fully saturated rings. The van der Waals surface area contributed by atoms with E-state index < -0.39 is 0 Å².